The number of carbonyl (C=O) groups is 2. The summed E-state index contributed by atoms with van der Waals surface area (Å²) in [6.07, 6.45) is 6.33. The highest BCUT2D eigenvalue weighted by Crippen LogP contribution is 2.37. The molecular weight excluding hydrogens is 316 g/mol. The number of nitrogens with zero attached hydrogens (tertiary/aromatic N) is 3. The van der Waals surface area contributed by atoms with Gasteiger partial charge in [0.15, 0.2) is 0 Å². The Morgan fingerprint density at radius 2 is 1.84 bits per heavy atom. The molecule has 2 amide bonds. The number of likely N-dealkylation sites (tertiary alicyclic amines) is 1. The van der Waals surface area contributed by atoms with Gasteiger partial charge < -0.3 is 10.2 Å². The molecule has 0 radical (unpaired) electrons. The van der Waals surface area contributed by atoms with Crippen molar-refractivity contribution in [2.75, 3.05) is 6.54 Å². The van der Waals surface area contributed by atoms with Crippen molar-refractivity contribution >= 4 is 11.8 Å². The molecule has 1 aliphatic heterocycles. The van der Waals surface area contributed by atoms with Gasteiger partial charge in [0.1, 0.15) is 6.04 Å². The van der Waals surface area contributed by atoms with Crippen molar-refractivity contribution in [3.05, 3.63) is 17.0 Å². The molecule has 138 valence electrons. The molecule has 0 spiro atoms. The molecule has 0 aromatic carbocycles. The van der Waals surface area contributed by atoms with E-state index in [1.807, 2.05) is 23.6 Å². The van der Waals surface area contributed by atoms with Gasteiger partial charge in [-0.3, -0.25) is 14.3 Å². The third kappa shape index (κ3) is 3.44. The first-order valence-electron chi connectivity index (χ1n) is 9.47. The molecule has 2 fully saturated rings. The topological polar surface area (TPSA) is 67.2 Å². The van der Waals surface area contributed by atoms with E-state index in [4.69, 9.17) is 0 Å². The lowest BCUT2D eigenvalue weighted by Crippen LogP contribution is -2.51. The van der Waals surface area contributed by atoms with Crippen molar-refractivity contribution < 1.29 is 9.59 Å². The zero-order chi connectivity index (χ0) is 18.1. The van der Waals surface area contributed by atoms with Crippen molar-refractivity contribution in [2.24, 2.45) is 13.0 Å². The molecule has 25 heavy (non-hydrogen) atoms. The third-order valence-corrected chi connectivity index (χ3v) is 5.93. The van der Waals surface area contributed by atoms with Crippen LogP contribution >= 0.6 is 0 Å². The summed E-state index contributed by atoms with van der Waals surface area (Å²) in [5, 5.41) is 7.48. The molecule has 2 aliphatic rings. The summed E-state index contributed by atoms with van der Waals surface area (Å²) in [6, 6.07) is -0.295. The molecule has 6 heteroatoms. The number of aromatic nitrogens is 2. The van der Waals surface area contributed by atoms with Crippen LogP contribution in [0.1, 0.15) is 68.4 Å². The maximum absolute atomic E-state index is 13.4. The first-order valence-corrected chi connectivity index (χ1v) is 9.47. The molecule has 0 unspecified atom stereocenters. The van der Waals surface area contributed by atoms with Gasteiger partial charge in [0.25, 0.3) is 0 Å². The van der Waals surface area contributed by atoms with Crippen LogP contribution in [0.3, 0.4) is 0 Å². The molecular formula is C19H30N4O2. The Kier molecular flexibility index (Phi) is 5.16. The van der Waals surface area contributed by atoms with Gasteiger partial charge in [-0.2, -0.15) is 5.10 Å². The average Bonchev–Trinajstić information content (AvgIpc) is 3.27. The molecule has 1 saturated carbocycles. The number of amides is 2. The fourth-order valence-electron chi connectivity index (χ4n) is 4.67. The van der Waals surface area contributed by atoms with Crippen LogP contribution in [0, 0.1) is 19.8 Å². The summed E-state index contributed by atoms with van der Waals surface area (Å²) >= 11 is 0. The standard InChI is InChI=1S/C19H30N4O2/c1-12-17(13(2)22(4)21-12)16-10-7-11-23(16)19(25)18(20-14(3)24)15-8-5-6-9-15/h15-16,18H,5-11H2,1-4H3,(H,20,24)/t16-,18+/m1/s1. The highest BCUT2D eigenvalue weighted by Gasteiger charge is 2.40. The highest BCUT2D eigenvalue weighted by atomic mass is 16.2. The van der Waals surface area contributed by atoms with Crippen molar-refractivity contribution in [2.45, 2.75) is 71.4 Å². The van der Waals surface area contributed by atoms with E-state index in [1.165, 1.54) is 12.5 Å². The van der Waals surface area contributed by atoms with E-state index in [1.54, 1.807) is 0 Å². The summed E-state index contributed by atoms with van der Waals surface area (Å²) < 4.78 is 1.90. The van der Waals surface area contributed by atoms with Gasteiger partial charge in [-0.05, 0) is 45.4 Å². The monoisotopic (exact) mass is 346 g/mol. The number of carbonyl (C=O) groups excluding carboxylic acids is 2. The van der Waals surface area contributed by atoms with Crippen LogP contribution in [-0.4, -0.2) is 39.1 Å². The van der Waals surface area contributed by atoms with E-state index in [0.717, 1.165) is 56.5 Å². The number of rotatable bonds is 4. The van der Waals surface area contributed by atoms with Crippen LogP contribution in [0.5, 0.6) is 0 Å². The van der Waals surface area contributed by atoms with E-state index >= 15 is 0 Å². The second-order valence-corrected chi connectivity index (χ2v) is 7.62. The Morgan fingerprint density at radius 3 is 2.40 bits per heavy atom. The lowest BCUT2D eigenvalue weighted by Gasteiger charge is -2.32. The van der Waals surface area contributed by atoms with Gasteiger partial charge >= 0.3 is 0 Å². The van der Waals surface area contributed by atoms with Gasteiger partial charge in [0.2, 0.25) is 11.8 Å². The molecule has 1 aromatic heterocycles. The zero-order valence-corrected chi connectivity index (χ0v) is 15.8. The van der Waals surface area contributed by atoms with Gasteiger partial charge in [0, 0.05) is 31.8 Å². The molecule has 1 saturated heterocycles. The SMILES string of the molecule is CC(=O)N[C@H](C(=O)N1CCC[C@@H]1c1c(C)nn(C)c1C)C1CCCC1. The molecule has 6 nitrogen and oxygen atoms in total. The summed E-state index contributed by atoms with van der Waals surface area (Å²) in [7, 11) is 1.95. The number of hydrogen-bond acceptors (Lipinski definition) is 3. The van der Waals surface area contributed by atoms with Crippen molar-refractivity contribution in [3.63, 3.8) is 0 Å². The van der Waals surface area contributed by atoms with Crippen molar-refractivity contribution in [1.82, 2.24) is 20.0 Å². The minimum Gasteiger partial charge on any atom is -0.344 e. The number of aryl methyl sites for hydroxylation is 2. The number of hydrogen-bond donors (Lipinski definition) is 1. The normalized spacial score (nSPS) is 22.4. The summed E-state index contributed by atoms with van der Waals surface area (Å²) in [5.41, 5.74) is 3.31. The molecule has 1 aliphatic carbocycles. The van der Waals surface area contributed by atoms with E-state index < -0.39 is 0 Å². The van der Waals surface area contributed by atoms with Crippen LogP contribution in [-0.2, 0) is 16.6 Å². The van der Waals surface area contributed by atoms with Crippen LogP contribution in [0.4, 0.5) is 0 Å². The van der Waals surface area contributed by atoms with E-state index in [0.29, 0.717) is 0 Å². The van der Waals surface area contributed by atoms with Crippen molar-refractivity contribution in [1.29, 1.82) is 0 Å². The van der Waals surface area contributed by atoms with E-state index in [-0.39, 0.29) is 29.8 Å². The molecule has 2 atom stereocenters. The predicted molar refractivity (Wildman–Crippen MR) is 95.9 cm³/mol. The van der Waals surface area contributed by atoms with Gasteiger partial charge in [-0.15, -0.1) is 0 Å². The molecule has 0 bridgehead atoms. The van der Waals surface area contributed by atoms with Gasteiger partial charge in [0.05, 0.1) is 11.7 Å². The Balaban J connectivity index is 1.86. The Labute approximate surface area is 149 Å². The lowest BCUT2D eigenvalue weighted by atomic mass is 9.95. The fraction of sp³-hybridized carbons (Fsp3) is 0.737. The molecule has 2 heterocycles. The maximum atomic E-state index is 13.4. The lowest BCUT2D eigenvalue weighted by molar-refractivity contribution is -0.138. The third-order valence-electron chi connectivity index (χ3n) is 5.93. The number of nitrogens with one attached hydrogen (secondary N) is 1. The molecule has 1 aromatic rings. The smallest absolute Gasteiger partial charge is 0.245 e. The predicted octanol–water partition coefficient (Wildman–Crippen LogP) is 2.40. The maximum Gasteiger partial charge on any atom is 0.245 e. The van der Waals surface area contributed by atoms with Gasteiger partial charge in [-0.1, -0.05) is 12.8 Å². The fourth-order valence-corrected chi connectivity index (χ4v) is 4.67. The minimum absolute atomic E-state index is 0.0823. The Morgan fingerprint density at radius 1 is 1.16 bits per heavy atom. The highest BCUT2D eigenvalue weighted by molar-refractivity contribution is 5.87. The average molecular weight is 346 g/mol. The molecule has 1 N–H and O–H groups in total. The second-order valence-electron chi connectivity index (χ2n) is 7.62. The molecule has 3 rings (SSSR count). The summed E-state index contributed by atoms with van der Waals surface area (Å²) in [4.78, 5) is 27.1. The van der Waals surface area contributed by atoms with E-state index in [2.05, 4.69) is 17.3 Å². The Hall–Kier alpha value is -1.85. The van der Waals surface area contributed by atoms with Crippen molar-refractivity contribution in [3.8, 4) is 0 Å². The summed E-state index contributed by atoms with van der Waals surface area (Å²) in [5.74, 6) is 0.246. The zero-order valence-electron chi connectivity index (χ0n) is 15.8. The first kappa shape index (κ1) is 18.0. The van der Waals surface area contributed by atoms with Crippen LogP contribution in [0.2, 0.25) is 0 Å². The van der Waals surface area contributed by atoms with Crippen LogP contribution in [0.25, 0.3) is 0 Å². The first-order chi connectivity index (χ1) is 11.9. The minimum atomic E-state index is -0.377. The second kappa shape index (κ2) is 7.18. The summed E-state index contributed by atoms with van der Waals surface area (Å²) in [6.45, 7) is 6.36. The Bertz CT molecular complexity index is 661. The van der Waals surface area contributed by atoms with Crippen LogP contribution < -0.4 is 5.32 Å². The van der Waals surface area contributed by atoms with Gasteiger partial charge in [-0.25, -0.2) is 0 Å². The van der Waals surface area contributed by atoms with E-state index in [9.17, 15) is 9.59 Å². The largest absolute Gasteiger partial charge is 0.344 e. The quantitative estimate of drug-likeness (QED) is 0.910. The van der Waals surface area contributed by atoms with Crippen LogP contribution in [0.15, 0.2) is 0 Å².